The number of hydrogen-bond acceptors (Lipinski definition) is 4. The van der Waals surface area contributed by atoms with E-state index in [1.165, 1.54) is 24.8 Å². The lowest BCUT2D eigenvalue weighted by Gasteiger charge is -2.34. The number of nitrogens with one attached hydrogen (secondary N) is 1. The summed E-state index contributed by atoms with van der Waals surface area (Å²) in [6.07, 6.45) is 0.902. The molecule has 1 aromatic heterocycles. The molecule has 1 unspecified atom stereocenters. The van der Waals surface area contributed by atoms with Gasteiger partial charge < -0.3 is 19.4 Å². The van der Waals surface area contributed by atoms with E-state index in [0.29, 0.717) is 11.3 Å². The summed E-state index contributed by atoms with van der Waals surface area (Å²) in [6, 6.07) is 19.3. The second kappa shape index (κ2) is 10.9. The van der Waals surface area contributed by atoms with Gasteiger partial charge in [-0.2, -0.15) is 0 Å². The van der Waals surface area contributed by atoms with Gasteiger partial charge in [0.15, 0.2) is 0 Å². The van der Waals surface area contributed by atoms with E-state index in [4.69, 9.17) is 33.3 Å². The van der Waals surface area contributed by atoms with Crippen LogP contribution in [-0.4, -0.2) is 42.1 Å². The highest BCUT2D eigenvalue weighted by molar-refractivity contribution is 7.78. The first-order chi connectivity index (χ1) is 16.9. The number of rotatable bonds is 4. The molecule has 0 fully saturated rings. The van der Waals surface area contributed by atoms with Crippen molar-refractivity contribution in [1.82, 2.24) is 9.88 Å². The fourth-order valence-electron chi connectivity index (χ4n) is 4.24. The molecule has 1 aliphatic heterocycles. The number of benzene rings is 3. The molecule has 2 heterocycles. The van der Waals surface area contributed by atoms with Gasteiger partial charge in [0, 0.05) is 28.2 Å². The molecular formula is C27H24ClFN2O3S. The topological polar surface area (TPSA) is 54.6 Å². The lowest BCUT2D eigenvalue weighted by Crippen LogP contribution is -2.34. The Kier molecular flexibility index (Phi) is 7.68. The Balaban J connectivity index is 0.000000271. The monoisotopic (exact) mass is 510 g/mol. The zero-order chi connectivity index (χ0) is 24.9. The third kappa shape index (κ3) is 5.31. The van der Waals surface area contributed by atoms with Crippen LogP contribution in [0.2, 0.25) is 5.02 Å². The minimum absolute atomic E-state index is 0.0193. The van der Waals surface area contributed by atoms with Crippen molar-refractivity contribution in [2.45, 2.75) is 12.5 Å². The number of thiocarbonyl (C=S) groups is 1. The number of nitrogens with zero attached hydrogens (tertiary/aromatic N) is 1. The number of carbonyl (C=O) groups excluding carboxylic acids is 1. The fourth-order valence-corrected chi connectivity index (χ4v) is 4.64. The van der Waals surface area contributed by atoms with E-state index in [9.17, 15) is 9.18 Å². The van der Waals surface area contributed by atoms with Gasteiger partial charge in [0.2, 0.25) is 0 Å². The molecule has 0 aliphatic carbocycles. The van der Waals surface area contributed by atoms with Crippen molar-refractivity contribution in [3.63, 3.8) is 0 Å². The first kappa shape index (κ1) is 24.7. The summed E-state index contributed by atoms with van der Waals surface area (Å²) in [5.41, 5.74) is 6.78. The largest absolute Gasteiger partial charge is 0.497 e. The number of ether oxygens (including phenoxy) is 2. The minimum Gasteiger partial charge on any atom is -0.497 e. The Labute approximate surface area is 213 Å². The van der Waals surface area contributed by atoms with Crippen molar-refractivity contribution < 1.29 is 18.7 Å². The summed E-state index contributed by atoms with van der Waals surface area (Å²) >= 11 is 11.5. The average Bonchev–Trinajstić information content (AvgIpc) is 3.26. The first-order valence-corrected chi connectivity index (χ1v) is 11.8. The molecule has 35 heavy (non-hydrogen) atoms. The van der Waals surface area contributed by atoms with Gasteiger partial charge in [-0.15, -0.1) is 0 Å². The zero-order valence-electron chi connectivity index (χ0n) is 19.3. The predicted octanol–water partition coefficient (Wildman–Crippen LogP) is 6.35. The van der Waals surface area contributed by atoms with Crippen LogP contribution in [-0.2, 0) is 11.2 Å². The van der Waals surface area contributed by atoms with E-state index >= 15 is 0 Å². The first-order valence-electron chi connectivity index (χ1n) is 10.9. The third-order valence-corrected chi connectivity index (χ3v) is 6.46. The van der Waals surface area contributed by atoms with Gasteiger partial charge in [0.1, 0.15) is 11.6 Å². The molecule has 5 nitrogen and oxygen atoms in total. The molecule has 0 radical (unpaired) electrons. The molecule has 0 saturated heterocycles. The van der Waals surface area contributed by atoms with Crippen molar-refractivity contribution in [3.8, 4) is 5.75 Å². The van der Waals surface area contributed by atoms with Gasteiger partial charge >= 0.3 is 5.97 Å². The van der Waals surface area contributed by atoms with Crippen molar-refractivity contribution in [2.75, 3.05) is 20.8 Å². The third-order valence-electron chi connectivity index (χ3n) is 5.96. The second-order valence-corrected chi connectivity index (χ2v) is 8.62. The van der Waals surface area contributed by atoms with Gasteiger partial charge in [-0.3, -0.25) is 0 Å². The lowest BCUT2D eigenvalue weighted by molar-refractivity contribution is 0.0600. The number of esters is 1. The van der Waals surface area contributed by atoms with Gasteiger partial charge in [0.05, 0.1) is 31.3 Å². The van der Waals surface area contributed by atoms with Gasteiger partial charge in [-0.1, -0.05) is 36.0 Å². The summed E-state index contributed by atoms with van der Waals surface area (Å²) < 4.78 is 21.8. The Morgan fingerprint density at radius 2 is 1.83 bits per heavy atom. The maximum atomic E-state index is 12.2. The minimum atomic E-state index is -0.340. The Morgan fingerprint density at radius 1 is 1.11 bits per heavy atom. The molecule has 1 aliphatic rings. The number of carbonyl (C=O) groups is 1. The molecule has 0 spiro atoms. The number of aromatic nitrogens is 1. The molecule has 0 amide bonds. The number of fused-ring (bicyclic) bond motifs is 3. The number of halogens is 2. The zero-order valence-corrected chi connectivity index (χ0v) is 20.8. The lowest BCUT2D eigenvalue weighted by atomic mass is 9.92. The molecule has 3 aromatic carbocycles. The molecule has 5 rings (SSSR count). The number of aromatic amines is 1. The van der Waals surface area contributed by atoms with E-state index in [-0.39, 0.29) is 17.8 Å². The van der Waals surface area contributed by atoms with Crippen LogP contribution in [0.5, 0.6) is 5.75 Å². The Morgan fingerprint density at radius 3 is 2.46 bits per heavy atom. The summed E-state index contributed by atoms with van der Waals surface area (Å²) in [4.78, 5) is 17.4. The molecule has 4 aromatic rings. The van der Waals surface area contributed by atoms with Gasteiger partial charge in [0.25, 0.3) is 0 Å². The molecule has 1 N–H and O–H groups in total. The molecule has 0 saturated carbocycles. The Hall–Kier alpha value is -3.42. The number of H-pyrrole nitrogens is 1. The van der Waals surface area contributed by atoms with Crippen molar-refractivity contribution in [3.05, 3.63) is 100.0 Å². The fraction of sp³-hybridized carbons (Fsp3) is 0.185. The molecule has 180 valence electrons. The van der Waals surface area contributed by atoms with Crippen molar-refractivity contribution in [2.24, 2.45) is 0 Å². The van der Waals surface area contributed by atoms with E-state index < -0.39 is 0 Å². The summed E-state index contributed by atoms with van der Waals surface area (Å²) in [5.74, 6) is 0.0972. The van der Waals surface area contributed by atoms with Crippen LogP contribution >= 0.6 is 23.8 Å². The van der Waals surface area contributed by atoms with Gasteiger partial charge in [-0.05, 0) is 72.1 Å². The predicted molar refractivity (Wildman–Crippen MR) is 140 cm³/mol. The maximum Gasteiger partial charge on any atom is 0.337 e. The van der Waals surface area contributed by atoms with Gasteiger partial charge in [-0.25, -0.2) is 9.18 Å². The highest BCUT2D eigenvalue weighted by Crippen LogP contribution is 2.38. The standard InChI is InChI=1S/C20H17ClN2O2S.C7H7FO/c1-25-20(24)13-4-2-12(3-5-13)19-18-15(8-9-23(19)11-26)16-10-14(21)6-7-17(16)22-18;1-9-7-4-2-6(8)3-5-7/h2-7,10-11,19,22H,8-9H2,1H3;2-5H,1H3. The van der Waals surface area contributed by atoms with Crippen LogP contribution in [0.25, 0.3) is 10.9 Å². The van der Waals surface area contributed by atoms with E-state index in [2.05, 4.69) is 9.88 Å². The van der Waals surface area contributed by atoms with Crippen LogP contribution in [0.4, 0.5) is 4.39 Å². The summed E-state index contributed by atoms with van der Waals surface area (Å²) in [6.45, 7) is 0.833. The number of hydrogen-bond donors (Lipinski definition) is 1. The molecule has 1 atom stereocenters. The van der Waals surface area contributed by atoms with Crippen molar-refractivity contribution >= 4 is 46.2 Å². The van der Waals surface area contributed by atoms with Crippen LogP contribution in [0.1, 0.15) is 33.2 Å². The molecule has 0 bridgehead atoms. The second-order valence-electron chi connectivity index (χ2n) is 7.97. The molecular weight excluding hydrogens is 487 g/mol. The quantitative estimate of drug-likeness (QED) is 0.256. The van der Waals surface area contributed by atoms with E-state index in [1.807, 2.05) is 30.3 Å². The van der Waals surface area contributed by atoms with Crippen molar-refractivity contribution in [1.29, 1.82) is 0 Å². The van der Waals surface area contributed by atoms with Crippen LogP contribution in [0, 0.1) is 5.82 Å². The van der Waals surface area contributed by atoms with E-state index in [1.54, 1.807) is 36.9 Å². The normalized spacial score (nSPS) is 14.5. The molecule has 8 heteroatoms. The number of methoxy groups -OCH3 is 2. The van der Waals surface area contributed by atoms with Crippen LogP contribution < -0.4 is 4.74 Å². The highest BCUT2D eigenvalue weighted by atomic mass is 35.5. The smallest absolute Gasteiger partial charge is 0.337 e. The SMILES string of the molecule is COC(=O)c1ccc(C2c3[nH]c4ccc(Cl)cc4c3CCN2C=S)cc1.COc1ccc(F)cc1. The Bertz CT molecular complexity index is 1340. The summed E-state index contributed by atoms with van der Waals surface area (Å²) in [7, 11) is 2.93. The average molecular weight is 511 g/mol. The maximum absolute atomic E-state index is 12.2. The van der Waals surface area contributed by atoms with Crippen LogP contribution in [0.15, 0.2) is 66.7 Å². The summed E-state index contributed by atoms with van der Waals surface area (Å²) in [5, 5.41) is 1.89. The highest BCUT2D eigenvalue weighted by Gasteiger charge is 2.30. The van der Waals surface area contributed by atoms with Crippen LogP contribution in [0.3, 0.4) is 0 Å². The van der Waals surface area contributed by atoms with E-state index in [0.717, 1.165) is 40.1 Å².